The predicted molar refractivity (Wildman–Crippen MR) is 71.6 cm³/mol. The van der Waals surface area contributed by atoms with Crippen molar-refractivity contribution in [2.75, 3.05) is 18.4 Å². The van der Waals surface area contributed by atoms with Crippen molar-refractivity contribution in [3.8, 4) is 0 Å². The van der Waals surface area contributed by atoms with E-state index in [1.807, 2.05) is 0 Å². The van der Waals surface area contributed by atoms with Crippen molar-refractivity contribution in [2.24, 2.45) is 0 Å². The molecule has 5 nitrogen and oxygen atoms in total. The fourth-order valence-corrected chi connectivity index (χ4v) is 2.19. The Morgan fingerprint density at radius 1 is 1.45 bits per heavy atom. The molecule has 1 aliphatic heterocycles. The molecule has 20 heavy (non-hydrogen) atoms. The van der Waals surface area contributed by atoms with Gasteiger partial charge in [-0.15, -0.1) is 0 Å². The molecule has 1 saturated heterocycles. The number of halogens is 1. The largest absolute Gasteiger partial charge is 0.391 e. The Labute approximate surface area is 116 Å². The fraction of sp³-hybridized carbons (Fsp3) is 0.429. The number of aliphatic hydroxyl groups is 1. The summed E-state index contributed by atoms with van der Waals surface area (Å²) in [5, 5.41) is 11.8. The summed E-state index contributed by atoms with van der Waals surface area (Å²) >= 11 is 0. The molecule has 1 heterocycles. The van der Waals surface area contributed by atoms with Gasteiger partial charge in [-0.2, -0.15) is 0 Å². The Balaban J connectivity index is 2.04. The molecule has 1 aromatic rings. The first-order valence-corrected chi connectivity index (χ1v) is 6.52. The molecule has 2 rings (SSSR count). The zero-order valence-corrected chi connectivity index (χ0v) is 11.2. The highest BCUT2D eigenvalue weighted by Crippen LogP contribution is 2.16. The Morgan fingerprint density at radius 2 is 2.20 bits per heavy atom. The number of carbonyl (C=O) groups excluding carboxylic acids is 2. The Hall–Kier alpha value is -1.95. The second-order valence-electron chi connectivity index (χ2n) is 4.98. The quantitative estimate of drug-likeness (QED) is 0.756. The van der Waals surface area contributed by atoms with Gasteiger partial charge in [0.2, 0.25) is 0 Å². The van der Waals surface area contributed by atoms with Crippen LogP contribution in [0.2, 0.25) is 0 Å². The van der Waals surface area contributed by atoms with E-state index in [1.54, 1.807) is 13.0 Å². The van der Waals surface area contributed by atoms with Crippen LogP contribution in [0, 0.1) is 12.7 Å². The maximum absolute atomic E-state index is 13.5. The molecule has 2 amide bonds. The molecule has 0 spiro atoms. The second-order valence-corrected chi connectivity index (χ2v) is 4.98. The first kappa shape index (κ1) is 14.5. The van der Waals surface area contributed by atoms with Gasteiger partial charge in [-0.1, -0.05) is 6.07 Å². The zero-order valence-electron chi connectivity index (χ0n) is 11.2. The number of benzene rings is 1. The topological polar surface area (TPSA) is 69.6 Å². The van der Waals surface area contributed by atoms with Gasteiger partial charge in [0.05, 0.1) is 11.8 Å². The van der Waals surface area contributed by atoms with E-state index < -0.39 is 23.7 Å². The summed E-state index contributed by atoms with van der Waals surface area (Å²) in [6.07, 6.45) is 0.674. The number of amides is 2. The van der Waals surface area contributed by atoms with Crippen molar-refractivity contribution in [3.63, 3.8) is 0 Å². The third kappa shape index (κ3) is 3.33. The molecule has 0 aromatic heterocycles. The van der Waals surface area contributed by atoms with Crippen LogP contribution in [-0.2, 0) is 9.59 Å². The molecular weight excluding hydrogens is 263 g/mol. The standard InChI is InChI=1S/C14H17FN2O3/c1-9-4-5-11(15)12(7-9)16-13(19)14(20)17-6-2-3-10(18)8-17/h4-5,7,10,18H,2-3,6,8H2,1H3,(H,16,19). The molecule has 1 fully saturated rings. The van der Waals surface area contributed by atoms with Gasteiger partial charge in [-0.3, -0.25) is 9.59 Å². The lowest BCUT2D eigenvalue weighted by molar-refractivity contribution is -0.145. The maximum Gasteiger partial charge on any atom is 0.313 e. The van der Waals surface area contributed by atoms with Gasteiger partial charge in [0.15, 0.2) is 0 Å². The van der Waals surface area contributed by atoms with Gasteiger partial charge in [-0.05, 0) is 37.5 Å². The highest BCUT2D eigenvalue weighted by Gasteiger charge is 2.27. The minimum atomic E-state index is -0.886. The van der Waals surface area contributed by atoms with E-state index >= 15 is 0 Å². The lowest BCUT2D eigenvalue weighted by Gasteiger charge is -2.29. The number of rotatable bonds is 1. The molecular formula is C14H17FN2O3. The van der Waals surface area contributed by atoms with Gasteiger partial charge < -0.3 is 15.3 Å². The monoisotopic (exact) mass is 280 g/mol. The fourth-order valence-electron chi connectivity index (χ4n) is 2.19. The molecule has 1 unspecified atom stereocenters. The molecule has 2 N–H and O–H groups in total. The average molecular weight is 280 g/mol. The van der Waals surface area contributed by atoms with Crippen LogP contribution in [0.3, 0.4) is 0 Å². The lowest BCUT2D eigenvalue weighted by Crippen LogP contribution is -2.46. The normalized spacial score (nSPS) is 18.8. The van der Waals surface area contributed by atoms with Gasteiger partial charge >= 0.3 is 11.8 Å². The molecule has 6 heteroatoms. The van der Waals surface area contributed by atoms with Crippen LogP contribution < -0.4 is 5.32 Å². The van der Waals surface area contributed by atoms with E-state index in [-0.39, 0.29) is 12.2 Å². The van der Waals surface area contributed by atoms with Crippen LogP contribution in [0.4, 0.5) is 10.1 Å². The van der Waals surface area contributed by atoms with Crippen LogP contribution in [0.5, 0.6) is 0 Å². The van der Waals surface area contributed by atoms with Crippen LogP contribution >= 0.6 is 0 Å². The average Bonchev–Trinajstić information content (AvgIpc) is 2.42. The molecule has 0 aliphatic carbocycles. The number of carbonyl (C=O) groups is 2. The summed E-state index contributed by atoms with van der Waals surface area (Å²) in [6, 6.07) is 4.28. The van der Waals surface area contributed by atoms with E-state index in [1.165, 1.54) is 17.0 Å². The number of hydrogen-bond acceptors (Lipinski definition) is 3. The minimum Gasteiger partial charge on any atom is -0.391 e. The minimum absolute atomic E-state index is 0.0130. The maximum atomic E-state index is 13.5. The van der Waals surface area contributed by atoms with Gasteiger partial charge in [-0.25, -0.2) is 4.39 Å². The molecule has 108 valence electrons. The van der Waals surface area contributed by atoms with Crippen molar-refractivity contribution >= 4 is 17.5 Å². The van der Waals surface area contributed by atoms with Gasteiger partial charge in [0, 0.05) is 13.1 Å². The Morgan fingerprint density at radius 3 is 2.90 bits per heavy atom. The molecule has 1 aromatic carbocycles. The second kappa shape index (κ2) is 6.00. The van der Waals surface area contributed by atoms with Crippen LogP contribution in [0.1, 0.15) is 18.4 Å². The highest BCUT2D eigenvalue weighted by molar-refractivity contribution is 6.39. The van der Waals surface area contributed by atoms with Gasteiger partial charge in [0.25, 0.3) is 0 Å². The van der Waals surface area contributed by atoms with Crippen molar-refractivity contribution in [1.82, 2.24) is 4.90 Å². The van der Waals surface area contributed by atoms with E-state index in [4.69, 9.17) is 0 Å². The number of anilines is 1. The van der Waals surface area contributed by atoms with E-state index in [2.05, 4.69) is 5.32 Å². The number of nitrogens with zero attached hydrogens (tertiary/aromatic N) is 1. The summed E-state index contributed by atoms with van der Waals surface area (Å²) in [7, 11) is 0. The number of β-amino-alcohol motifs (C(OH)–C–C–N with tert-alkyl or cyclic N) is 1. The number of piperidine rings is 1. The molecule has 0 radical (unpaired) electrons. The lowest BCUT2D eigenvalue weighted by atomic mass is 10.1. The molecule has 1 atom stereocenters. The third-order valence-corrected chi connectivity index (χ3v) is 3.25. The van der Waals surface area contributed by atoms with Gasteiger partial charge in [0.1, 0.15) is 5.82 Å². The SMILES string of the molecule is Cc1ccc(F)c(NC(=O)C(=O)N2CCCC(O)C2)c1. The van der Waals surface area contributed by atoms with Crippen molar-refractivity contribution in [2.45, 2.75) is 25.9 Å². The summed E-state index contributed by atoms with van der Waals surface area (Å²) < 4.78 is 13.5. The van der Waals surface area contributed by atoms with E-state index in [9.17, 15) is 19.1 Å². The zero-order chi connectivity index (χ0) is 14.7. The smallest absolute Gasteiger partial charge is 0.313 e. The summed E-state index contributed by atoms with van der Waals surface area (Å²) in [4.78, 5) is 25.0. The Kier molecular flexibility index (Phi) is 4.34. The summed E-state index contributed by atoms with van der Waals surface area (Å²) in [6.45, 7) is 2.33. The van der Waals surface area contributed by atoms with Crippen LogP contribution in [0.15, 0.2) is 18.2 Å². The number of aliphatic hydroxyl groups excluding tert-OH is 1. The first-order valence-electron chi connectivity index (χ1n) is 6.52. The highest BCUT2D eigenvalue weighted by atomic mass is 19.1. The molecule has 0 saturated carbocycles. The summed E-state index contributed by atoms with van der Waals surface area (Å²) in [5.74, 6) is -2.22. The van der Waals surface area contributed by atoms with E-state index in [0.717, 1.165) is 5.56 Å². The number of aryl methyl sites for hydroxylation is 1. The Bertz CT molecular complexity index is 533. The number of nitrogens with one attached hydrogen (secondary N) is 1. The van der Waals surface area contributed by atoms with Crippen molar-refractivity contribution < 1.29 is 19.1 Å². The van der Waals surface area contributed by atoms with Crippen molar-refractivity contribution in [3.05, 3.63) is 29.6 Å². The number of hydrogen-bond donors (Lipinski definition) is 2. The molecule has 1 aliphatic rings. The van der Waals surface area contributed by atoms with E-state index in [0.29, 0.717) is 19.4 Å². The predicted octanol–water partition coefficient (Wildman–Crippen LogP) is 1.06. The number of likely N-dealkylation sites (tertiary alicyclic amines) is 1. The van der Waals surface area contributed by atoms with Crippen LogP contribution in [-0.4, -0.2) is 41.0 Å². The summed E-state index contributed by atoms with van der Waals surface area (Å²) in [5.41, 5.74) is 0.767. The third-order valence-electron chi connectivity index (χ3n) is 3.25. The first-order chi connectivity index (χ1) is 9.47. The molecule has 0 bridgehead atoms. The van der Waals surface area contributed by atoms with Crippen LogP contribution in [0.25, 0.3) is 0 Å². The van der Waals surface area contributed by atoms with Crippen molar-refractivity contribution in [1.29, 1.82) is 0 Å².